The van der Waals surface area contributed by atoms with Crippen LogP contribution in [0.25, 0.3) is 22.4 Å². The Morgan fingerprint density at radius 3 is 2.79 bits per heavy atom. The Kier molecular flexibility index (Phi) is 5.07. The van der Waals surface area contributed by atoms with Gasteiger partial charge in [-0.1, -0.05) is 36.3 Å². The zero-order valence-corrected chi connectivity index (χ0v) is 16.6. The molecule has 4 aromatic rings. The van der Waals surface area contributed by atoms with Crippen molar-refractivity contribution in [3.63, 3.8) is 0 Å². The molecule has 0 spiro atoms. The van der Waals surface area contributed by atoms with E-state index in [0.29, 0.717) is 23.8 Å². The number of nitrogens with zero attached hydrogens (tertiary/aromatic N) is 5. The Morgan fingerprint density at radius 2 is 2.03 bits per heavy atom. The van der Waals surface area contributed by atoms with Gasteiger partial charge < -0.3 is 9.84 Å². The molecule has 8 nitrogen and oxygen atoms in total. The van der Waals surface area contributed by atoms with Gasteiger partial charge in [-0.15, -0.1) is 0 Å². The lowest BCUT2D eigenvalue weighted by Gasteiger charge is -2.04. The summed E-state index contributed by atoms with van der Waals surface area (Å²) in [6.45, 7) is 4.02. The molecule has 3 heterocycles. The summed E-state index contributed by atoms with van der Waals surface area (Å²) in [6, 6.07) is 9.93. The Balaban J connectivity index is 1.37. The molecule has 0 saturated carbocycles. The Bertz CT molecular complexity index is 1160. The van der Waals surface area contributed by atoms with Gasteiger partial charge >= 0.3 is 0 Å². The Morgan fingerprint density at radius 1 is 1.24 bits per heavy atom. The van der Waals surface area contributed by atoms with E-state index in [4.69, 9.17) is 4.52 Å². The van der Waals surface area contributed by atoms with Crippen LogP contribution in [-0.4, -0.2) is 30.8 Å². The van der Waals surface area contributed by atoms with Gasteiger partial charge in [-0.25, -0.2) is 4.98 Å². The molecule has 0 atom stereocenters. The smallest absolute Gasteiger partial charge is 0.227 e. The lowest BCUT2D eigenvalue weighted by molar-refractivity contribution is -0.116. The highest BCUT2D eigenvalue weighted by atomic mass is 16.5. The third-order valence-electron chi connectivity index (χ3n) is 4.80. The highest BCUT2D eigenvalue weighted by molar-refractivity contribution is 5.93. The SMILES string of the molecule is CCc1ccc(-c2noc(CCC(=O)Nc3cnc4c(c3)c(C)nn4C)n2)cc1. The molecule has 0 unspecified atom stereocenters. The monoisotopic (exact) mass is 390 g/mol. The van der Waals surface area contributed by atoms with Crippen molar-refractivity contribution in [1.82, 2.24) is 24.9 Å². The van der Waals surface area contributed by atoms with Crippen molar-refractivity contribution >= 4 is 22.6 Å². The first-order chi connectivity index (χ1) is 14.0. The molecule has 8 heteroatoms. The first-order valence-corrected chi connectivity index (χ1v) is 9.54. The average molecular weight is 390 g/mol. The van der Waals surface area contributed by atoms with Gasteiger partial charge in [0, 0.05) is 30.8 Å². The van der Waals surface area contributed by atoms with Crippen molar-refractivity contribution in [1.29, 1.82) is 0 Å². The second-order valence-corrected chi connectivity index (χ2v) is 6.91. The molecule has 0 fully saturated rings. The number of fused-ring (bicyclic) bond motifs is 1. The predicted octanol–water partition coefficient (Wildman–Crippen LogP) is 3.46. The third-order valence-corrected chi connectivity index (χ3v) is 4.80. The van der Waals surface area contributed by atoms with Crippen LogP contribution in [0.15, 0.2) is 41.1 Å². The number of carbonyl (C=O) groups is 1. The zero-order valence-electron chi connectivity index (χ0n) is 16.6. The van der Waals surface area contributed by atoms with Gasteiger partial charge in [-0.05, 0) is 25.0 Å². The second kappa shape index (κ2) is 7.83. The lowest BCUT2D eigenvalue weighted by Crippen LogP contribution is -2.12. The Hall–Kier alpha value is -3.55. The molecule has 29 heavy (non-hydrogen) atoms. The standard InChI is InChI=1S/C21H22N6O2/c1-4-14-5-7-15(8-6-14)20-24-19(29-26-20)10-9-18(28)23-16-11-17-13(2)25-27(3)21(17)22-12-16/h5-8,11-12H,4,9-10H2,1-3H3,(H,23,28). The van der Waals surface area contributed by atoms with E-state index in [9.17, 15) is 4.79 Å². The first-order valence-electron chi connectivity index (χ1n) is 9.54. The van der Waals surface area contributed by atoms with Crippen molar-refractivity contribution in [3.05, 3.63) is 53.7 Å². The summed E-state index contributed by atoms with van der Waals surface area (Å²) in [5, 5.41) is 12.1. The van der Waals surface area contributed by atoms with E-state index in [0.717, 1.165) is 28.7 Å². The fourth-order valence-electron chi connectivity index (χ4n) is 3.18. The lowest BCUT2D eigenvalue weighted by atomic mass is 10.1. The van der Waals surface area contributed by atoms with E-state index in [-0.39, 0.29) is 12.3 Å². The number of anilines is 1. The molecule has 4 rings (SSSR count). The topological polar surface area (TPSA) is 98.7 Å². The molecule has 1 amide bonds. The zero-order chi connectivity index (χ0) is 20.4. The molecule has 0 saturated heterocycles. The molecule has 3 aromatic heterocycles. The number of carbonyl (C=O) groups excluding carboxylic acids is 1. The molecular formula is C21H22N6O2. The van der Waals surface area contributed by atoms with E-state index in [1.165, 1.54) is 5.56 Å². The number of benzene rings is 1. The Labute approximate surface area is 168 Å². The van der Waals surface area contributed by atoms with Crippen LogP contribution in [0.1, 0.15) is 30.5 Å². The van der Waals surface area contributed by atoms with Crippen LogP contribution in [0.4, 0.5) is 5.69 Å². The quantitative estimate of drug-likeness (QED) is 0.541. The number of aryl methyl sites for hydroxylation is 4. The maximum Gasteiger partial charge on any atom is 0.227 e. The summed E-state index contributed by atoms with van der Waals surface area (Å²) in [4.78, 5) is 21.1. The van der Waals surface area contributed by atoms with E-state index < -0.39 is 0 Å². The molecule has 1 N–H and O–H groups in total. The summed E-state index contributed by atoms with van der Waals surface area (Å²) in [6.07, 6.45) is 3.22. The van der Waals surface area contributed by atoms with Crippen molar-refractivity contribution in [2.24, 2.45) is 7.05 Å². The number of aromatic nitrogens is 5. The van der Waals surface area contributed by atoms with Gasteiger partial charge in [0.2, 0.25) is 17.6 Å². The van der Waals surface area contributed by atoms with E-state index in [1.54, 1.807) is 10.9 Å². The number of rotatable bonds is 6. The molecule has 0 aliphatic carbocycles. The first kappa shape index (κ1) is 18.8. The van der Waals surface area contributed by atoms with Crippen LogP contribution in [0.3, 0.4) is 0 Å². The van der Waals surface area contributed by atoms with Crippen molar-refractivity contribution in [2.45, 2.75) is 33.1 Å². The molecule has 0 radical (unpaired) electrons. The largest absolute Gasteiger partial charge is 0.339 e. The number of amides is 1. The average Bonchev–Trinajstić information content (AvgIpc) is 3.31. The van der Waals surface area contributed by atoms with Gasteiger partial charge in [-0.2, -0.15) is 10.1 Å². The summed E-state index contributed by atoms with van der Waals surface area (Å²) in [5.41, 5.74) is 4.44. The van der Waals surface area contributed by atoms with Crippen LogP contribution >= 0.6 is 0 Å². The third kappa shape index (κ3) is 4.01. The molecule has 148 valence electrons. The van der Waals surface area contributed by atoms with Crippen molar-refractivity contribution < 1.29 is 9.32 Å². The van der Waals surface area contributed by atoms with Crippen LogP contribution in [0.5, 0.6) is 0 Å². The molecular weight excluding hydrogens is 368 g/mol. The molecule has 1 aromatic carbocycles. The number of hydrogen-bond donors (Lipinski definition) is 1. The molecule has 0 aliphatic rings. The summed E-state index contributed by atoms with van der Waals surface area (Å²) in [5.74, 6) is 0.830. The highest BCUT2D eigenvalue weighted by Gasteiger charge is 2.12. The molecule has 0 aliphatic heterocycles. The predicted molar refractivity (Wildman–Crippen MR) is 109 cm³/mol. The van der Waals surface area contributed by atoms with Gasteiger partial charge in [0.25, 0.3) is 0 Å². The summed E-state index contributed by atoms with van der Waals surface area (Å²) >= 11 is 0. The number of nitrogens with one attached hydrogen (secondary N) is 1. The van der Waals surface area contributed by atoms with Crippen LogP contribution < -0.4 is 5.32 Å². The van der Waals surface area contributed by atoms with Gasteiger partial charge in [0.15, 0.2) is 5.65 Å². The van der Waals surface area contributed by atoms with Gasteiger partial charge in [0.1, 0.15) is 0 Å². The normalized spacial score (nSPS) is 11.1. The number of pyridine rings is 1. The minimum atomic E-state index is -0.139. The van der Waals surface area contributed by atoms with Crippen molar-refractivity contribution in [3.8, 4) is 11.4 Å². The van der Waals surface area contributed by atoms with Crippen molar-refractivity contribution in [2.75, 3.05) is 5.32 Å². The van der Waals surface area contributed by atoms with Gasteiger partial charge in [0.05, 0.1) is 17.6 Å². The van der Waals surface area contributed by atoms with E-state index in [2.05, 4.69) is 32.5 Å². The maximum atomic E-state index is 12.3. The number of hydrogen-bond acceptors (Lipinski definition) is 6. The fourth-order valence-corrected chi connectivity index (χ4v) is 3.18. The van der Waals surface area contributed by atoms with Crippen LogP contribution in [0.2, 0.25) is 0 Å². The fraction of sp³-hybridized carbons (Fsp3) is 0.286. The maximum absolute atomic E-state index is 12.3. The minimum Gasteiger partial charge on any atom is -0.339 e. The van der Waals surface area contributed by atoms with Crippen LogP contribution in [0, 0.1) is 6.92 Å². The van der Waals surface area contributed by atoms with E-state index >= 15 is 0 Å². The highest BCUT2D eigenvalue weighted by Crippen LogP contribution is 2.20. The van der Waals surface area contributed by atoms with Crippen LogP contribution in [-0.2, 0) is 24.7 Å². The summed E-state index contributed by atoms with van der Waals surface area (Å²) in [7, 11) is 1.84. The molecule has 0 bridgehead atoms. The summed E-state index contributed by atoms with van der Waals surface area (Å²) < 4.78 is 7.01. The second-order valence-electron chi connectivity index (χ2n) is 6.91. The minimum absolute atomic E-state index is 0.139. The van der Waals surface area contributed by atoms with E-state index in [1.807, 2.05) is 44.3 Å². The van der Waals surface area contributed by atoms with Gasteiger partial charge in [-0.3, -0.25) is 9.48 Å².